The fourth-order valence-electron chi connectivity index (χ4n) is 0.837. The molecule has 0 aliphatic carbocycles. The molecule has 3 N–H and O–H groups in total. The van der Waals surface area contributed by atoms with Gasteiger partial charge in [-0.15, -0.1) is 0 Å². The SMILES string of the molecule is C=CC(=O)O.C=CC(=O)O.C=CC(=O)OCC.CCCCC(C(=O)O)=C(Br)Br. The summed E-state index contributed by atoms with van der Waals surface area (Å²) in [5, 5.41) is 23.9. The Labute approximate surface area is 181 Å². The molecule has 0 saturated carbocycles. The average molecular weight is 530 g/mol. The lowest BCUT2D eigenvalue weighted by molar-refractivity contribution is -0.137. The molecule has 0 aliphatic heterocycles. The van der Waals surface area contributed by atoms with Gasteiger partial charge in [-0.25, -0.2) is 19.2 Å². The van der Waals surface area contributed by atoms with Crippen molar-refractivity contribution in [3.05, 3.63) is 46.9 Å². The second kappa shape index (κ2) is 24.8. The Kier molecular flexibility index (Phi) is 29.6. The number of hydrogen-bond acceptors (Lipinski definition) is 5. The topological polar surface area (TPSA) is 138 Å². The summed E-state index contributed by atoms with van der Waals surface area (Å²) in [5.74, 6) is -3.18. The van der Waals surface area contributed by atoms with Gasteiger partial charge in [-0.05, 0) is 51.6 Å². The minimum absolute atomic E-state index is 0.359. The molecule has 0 rings (SSSR count). The molecule has 0 fully saturated rings. The van der Waals surface area contributed by atoms with E-state index in [9.17, 15) is 19.2 Å². The molecule has 0 atom stereocenters. The van der Waals surface area contributed by atoms with Crippen molar-refractivity contribution in [2.24, 2.45) is 0 Å². The summed E-state index contributed by atoms with van der Waals surface area (Å²) >= 11 is 6.17. The Morgan fingerprint density at radius 1 is 0.893 bits per heavy atom. The number of unbranched alkanes of at least 4 members (excludes halogenated alkanes) is 1. The number of aliphatic carboxylic acids is 3. The van der Waals surface area contributed by atoms with Gasteiger partial charge < -0.3 is 20.1 Å². The summed E-state index contributed by atoms with van der Waals surface area (Å²) in [7, 11) is 0. The van der Waals surface area contributed by atoms with E-state index in [-0.39, 0.29) is 5.97 Å². The van der Waals surface area contributed by atoms with Crippen molar-refractivity contribution in [3.63, 3.8) is 0 Å². The molecule has 8 nitrogen and oxygen atoms in total. The van der Waals surface area contributed by atoms with Crippen molar-refractivity contribution < 1.29 is 39.2 Å². The van der Waals surface area contributed by atoms with Crippen LogP contribution in [-0.4, -0.2) is 45.8 Å². The summed E-state index contributed by atoms with van der Waals surface area (Å²) in [6.07, 6.45) is 5.33. The van der Waals surface area contributed by atoms with Crippen molar-refractivity contribution in [1.82, 2.24) is 0 Å². The van der Waals surface area contributed by atoms with Crippen LogP contribution in [0, 0.1) is 0 Å². The number of esters is 1. The van der Waals surface area contributed by atoms with E-state index in [1.54, 1.807) is 6.92 Å². The van der Waals surface area contributed by atoms with Crippen LogP contribution in [-0.2, 0) is 23.9 Å². The lowest BCUT2D eigenvalue weighted by Gasteiger charge is -1.99. The number of carbonyl (C=O) groups is 4. The maximum Gasteiger partial charge on any atom is 0.333 e. The second-order valence-electron chi connectivity index (χ2n) is 4.19. The minimum Gasteiger partial charge on any atom is -0.478 e. The number of carbonyl (C=O) groups excluding carboxylic acids is 1. The van der Waals surface area contributed by atoms with Crippen molar-refractivity contribution in [3.8, 4) is 0 Å². The largest absolute Gasteiger partial charge is 0.478 e. The van der Waals surface area contributed by atoms with Crippen molar-refractivity contribution in [1.29, 1.82) is 0 Å². The molecule has 0 heterocycles. The zero-order valence-electron chi connectivity index (χ0n) is 15.8. The Bertz CT molecular complexity index is 532. The van der Waals surface area contributed by atoms with Gasteiger partial charge in [0.05, 0.1) is 15.6 Å². The summed E-state index contributed by atoms with van der Waals surface area (Å²) in [5.41, 5.74) is 0.409. The Hall–Kier alpha value is -2.20. The Morgan fingerprint density at radius 3 is 1.43 bits per heavy atom. The van der Waals surface area contributed by atoms with Crippen LogP contribution < -0.4 is 0 Å². The van der Waals surface area contributed by atoms with Crippen LogP contribution in [0.3, 0.4) is 0 Å². The van der Waals surface area contributed by atoms with Crippen LogP contribution in [0.5, 0.6) is 0 Å². The van der Waals surface area contributed by atoms with E-state index < -0.39 is 17.9 Å². The summed E-state index contributed by atoms with van der Waals surface area (Å²) in [6.45, 7) is 13.3. The smallest absolute Gasteiger partial charge is 0.333 e. The van der Waals surface area contributed by atoms with Gasteiger partial charge in [-0.1, -0.05) is 33.1 Å². The van der Waals surface area contributed by atoms with Gasteiger partial charge in [-0.3, -0.25) is 0 Å². The van der Waals surface area contributed by atoms with E-state index in [2.05, 4.69) is 56.3 Å². The third-order valence-corrected chi connectivity index (χ3v) is 3.03. The first kappa shape index (κ1) is 33.4. The molecular formula is C18H26Br2O8. The van der Waals surface area contributed by atoms with Gasteiger partial charge >= 0.3 is 23.9 Å². The lowest BCUT2D eigenvalue weighted by atomic mass is 10.1. The van der Waals surface area contributed by atoms with Crippen molar-refractivity contribution in [2.45, 2.75) is 33.1 Å². The predicted octanol–water partition coefficient (Wildman–Crippen LogP) is 4.51. The summed E-state index contributed by atoms with van der Waals surface area (Å²) in [4.78, 5) is 39.1. The van der Waals surface area contributed by atoms with Gasteiger partial charge in [0.1, 0.15) is 0 Å². The third-order valence-electron chi connectivity index (χ3n) is 2.07. The molecule has 0 radical (unpaired) electrons. The van der Waals surface area contributed by atoms with E-state index in [0.717, 1.165) is 31.1 Å². The first-order valence-corrected chi connectivity index (χ1v) is 9.30. The molecule has 0 amide bonds. The molecule has 0 bridgehead atoms. The highest BCUT2D eigenvalue weighted by atomic mass is 79.9. The van der Waals surface area contributed by atoms with Gasteiger partial charge in [0, 0.05) is 18.2 Å². The van der Waals surface area contributed by atoms with E-state index >= 15 is 0 Å². The maximum absolute atomic E-state index is 10.5. The molecule has 10 heteroatoms. The fourth-order valence-corrected chi connectivity index (χ4v) is 1.57. The number of carboxylic acid groups (broad SMARTS) is 3. The third kappa shape index (κ3) is 35.0. The van der Waals surface area contributed by atoms with Crippen LogP contribution >= 0.6 is 31.9 Å². The molecule has 0 saturated heterocycles. The standard InChI is InChI=1S/C7H10Br2O2.C5H8O2.2C3H4O2/c1-2-3-4-5(6(8)9)7(10)11;1-3-5(6)7-4-2;2*1-2-3(4)5/h2-4H2,1H3,(H,10,11);3H,1,4H2,2H3;2*2H,1H2,(H,4,5). The minimum atomic E-state index is -0.981. The number of ether oxygens (including phenoxy) is 1. The van der Waals surface area contributed by atoms with Crippen LogP contribution in [0.15, 0.2) is 46.9 Å². The highest BCUT2D eigenvalue weighted by molar-refractivity contribution is 9.28. The average Bonchev–Trinajstić information content (AvgIpc) is 2.63. The number of halogens is 2. The monoisotopic (exact) mass is 528 g/mol. The first-order valence-electron chi connectivity index (χ1n) is 7.72. The second-order valence-corrected chi connectivity index (χ2v) is 6.84. The highest BCUT2D eigenvalue weighted by Crippen LogP contribution is 2.23. The van der Waals surface area contributed by atoms with Crippen molar-refractivity contribution >= 4 is 55.7 Å². The zero-order chi connectivity index (χ0) is 23.1. The van der Waals surface area contributed by atoms with E-state index in [0.29, 0.717) is 22.0 Å². The van der Waals surface area contributed by atoms with Gasteiger partial charge in [-0.2, -0.15) is 0 Å². The fraction of sp³-hybridized carbons (Fsp3) is 0.333. The van der Waals surface area contributed by atoms with Gasteiger partial charge in [0.2, 0.25) is 0 Å². The Morgan fingerprint density at radius 2 is 1.29 bits per heavy atom. The van der Waals surface area contributed by atoms with E-state index in [4.69, 9.17) is 15.3 Å². The lowest BCUT2D eigenvalue weighted by Crippen LogP contribution is -2.00. The van der Waals surface area contributed by atoms with Crippen LogP contribution in [0.2, 0.25) is 0 Å². The van der Waals surface area contributed by atoms with Gasteiger partial charge in [0.15, 0.2) is 0 Å². The maximum atomic E-state index is 10.5. The Balaban J connectivity index is -0.000000147. The van der Waals surface area contributed by atoms with Gasteiger partial charge in [0.25, 0.3) is 0 Å². The molecular weight excluding hydrogens is 504 g/mol. The highest BCUT2D eigenvalue weighted by Gasteiger charge is 2.09. The molecule has 0 spiro atoms. The zero-order valence-corrected chi connectivity index (χ0v) is 19.0. The quantitative estimate of drug-likeness (QED) is 0.308. The molecule has 160 valence electrons. The predicted molar refractivity (Wildman–Crippen MR) is 115 cm³/mol. The van der Waals surface area contributed by atoms with E-state index in [1.807, 2.05) is 6.92 Å². The normalized spacial score (nSPS) is 7.86. The number of carboxylic acids is 3. The van der Waals surface area contributed by atoms with Crippen LogP contribution in [0.4, 0.5) is 0 Å². The number of rotatable bonds is 8. The van der Waals surface area contributed by atoms with Crippen LogP contribution in [0.1, 0.15) is 33.1 Å². The summed E-state index contributed by atoms with van der Waals surface area (Å²) in [6, 6.07) is 0. The molecule has 28 heavy (non-hydrogen) atoms. The molecule has 0 aliphatic rings. The molecule has 0 unspecified atom stereocenters. The first-order chi connectivity index (χ1) is 12.9. The van der Waals surface area contributed by atoms with Crippen LogP contribution in [0.25, 0.3) is 0 Å². The summed E-state index contributed by atoms with van der Waals surface area (Å²) < 4.78 is 4.98. The van der Waals surface area contributed by atoms with Crippen molar-refractivity contribution in [2.75, 3.05) is 6.61 Å². The van der Waals surface area contributed by atoms with E-state index in [1.165, 1.54) is 0 Å². The molecule has 0 aromatic carbocycles. The molecule has 0 aromatic heterocycles. The number of hydrogen-bond donors (Lipinski definition) is 3. The molecule has 0 aromatic rings.